The topological polar surface area (TPSA) is 91.2 Å². The molecule has 1 unspecified atom stereocenters. The lowest BCUT2D eigenvalue weighted by atomic mass is 9.90. The molecule has 0 saturated heterocycles. The maximum absolute atomic E-state index is 12.5. The number of aromatic hydroxyl groups is 1. The van der Waals surface area contributed by atoms with Gasteiger partial charge in [-0.1, -0.05) is 13.0 Å². The summed E-state index contributed by atoms with van der Waals surface area (Å²) < 4.78 is 5.48. The minimum absolute atomic E-state index is 0.0380. The van der Waals surface area contributed by atoms with Crippen LogP contribution in [0.25, 0.3) is 0 Å². The number of rotatable bonds is 6. The molecule has 0 fully saturated rings. The number of benzene rings is 1. The van der Waals surface area contributed by atoms with E-state index in [9.17, 15) is 15.0 Å². The highest BCUT2D eigenvalue weighted by atomic mass is 16.5. The molecule has 2 aliphatic rings. The molecular weight excluding hydrogens is 356 g/mol. The van der Waals surface area contributed by atoms with Crippen molar-refractivity contribution in [3.8, 4) is 11.5 Å². The van der Waals surface area contributed by atoms with Gasteiger partial charge in [-0.05, 0) is 62.5 Å². The van der Waals surface area contributed by atoms with Gasteiger partial charge in [-0.15, -0.1) is 0 Å². The van der Waals surface area contributed by atoms with Gasteiger partial charge in [-0.3, -0.25) is 9.79 Å². The highest BCUT2D eigenvalue weighted by Crippen LogP contribution is 2.31. The molecule has 3 N–H and O–H groups in total. The van der Waals surface area contributed by atoms with Gasteiger partial charge in [0.1, 0.15) is 11.5 Å². The normalized spacial score (nSPS) is 18.9. The Morgan fingerprint density at radius 1 is 1.36 bits per heavy atom. The van der Waals surface area contributed by atoms with E-state index in [2.05, 4.69) is 17.2 Å². The van der Waals surface area contributed by atoms with Gasteiger partial charge in [-0.25, -0.2) is 0 Å². The summed E-state index contributed by atoms with van der Waals surface area (Å²) in [5.74, 6) is 0.573. The first kappa shape index (κ1) is 19.7. The maximum atomic E-state index is 12.5. The second-order valence-corrected chi connectivity index (χ2v) is 7.25. The number of phenols is 1. The summed E-state index contributed by atoms with van der Waals surface area (Å²) in [6.07, 6.45) is 7.38. The van der Waals surface area contributed by atoms with Crippen molar-refractivity contribution in [2.75, 3.05) is 11.9 Å². The molecule has 0 saturated carbocycles. The Kier molecular flexibility index (Phi) is 5.87. The maximum Gasteiger partial charge on any atom is 0.273 e. The van der Waals surface area contributed by atoms with E-state index < -0.39 is 0 Å². The second kappa shape index (κ2) is 8.33. The number of aliphatic hydroxyl groups is 1. The van der Waals surface area contributed by atoms with Crippen LogP contribution in [0.2, 0.25) is 0 Å². The molecule has 1 aromatic carbocycles. The molecule has 6 nitrogen and oxygen atoms in total. The van der Waals surface area contributed by atoms with Crippen LogP contribution in [0, 0.1) is 5.92 Å². The number of carbonyl (C=O) groups is 1. The largest absolute Gasteiger partial charge is 0.508 e. The molecule has 1 heterocycles. The van der Waals surface area contributed by atoms with Gasteiger partial charge in [-0.2, -0.15) is 0 Å². The summed E-state index contributed by atoms with van der Waals surface area (Å²) in [5.41, 5.74) is 2.33. The smallest absolute Gasteiger partial charge is 0.273 e. The molecule has 6 heteroatoms. The average Bonchev–Trinajstić information content (AvgIpc) is 3.13. The summed E-state index contributed by atoms with van der Waals surface area (Å²) in [7, 11) is 0. The molecular formula is C22H26N2O4. The lowest BCUT2D eigenvalue weighted by Gasteiger charge is -2.17. The van der Waals surface area contributed by atoms with E-state index in [1.54, 1.807) is 18.2 Å². The number of anilines is 1. The molecule has 0 aromatic heterocycles. The van der Waals surface area contributed by atoms with Crippen LogP contribution in [0.4, 0.5) is 5.69 Å². The summed E-state index contributed by atoms with van der Waals surface area (Å²) in [6.45, 7) is 6.19. The van der Waals surface area contributed by atoms with E-state index in [-0.39, 0.29) is 23.5 Å². The van der Waals surface area contributed by atoms with Gasteiger partial charge in [0.15, 0.2) is 11.5 Å². The van der Waals surface area contributed by atoms with E-state index in [0.29, 0.717) is 29.6 Å². The number of amides is 1. The predicted octanol–water partition coefficient (Wildman–Crippen LogP) is 4.30. The van der Waals surface area contributed by atoms with Gasteiger partial charge in [0.05, 0.1) is 12.6 Å². The van der Waals surface area contributed by atoms with Crippen molar-refractivity contribution in [2.45, 2.75) is 39.7 Å². The third-order valence-electron chi connectivity index (χ3n) is 4.71. The monoisotopic (exact) mass is 382 g/mol. The first-order valence-corrected chi connectivity index (χ1v) is 9.55. The van der Waals surface area contributed by atoms with Crippen molar-refractivity contribution < 1.29 is 19.7 Å². The Labute approximate surface area is 164 Å². The fraction of sp³-hybridized carbons (Fsp3) is 0.364. The van der Waals surface area contributed by atoms with Crippen LogP contribution in [0.1, 0.15) is 33.6 Å². The number of aliphatic imine (C=N–C) groups is 1. The van der Waals surface area contributed by atoms with E-state index in [1.807, 2.05) is 26.0 Å². The number of hydrogen-bond acceptors (Lipinski definition) is 5. The number of carbonyl (C=O) groups excluding carboxylic acids is 1. The van der Waals surface area contributed by atoms with Crippen LogP contribution in [0.3, 0.4) is 0 Å². The number of hydrogen-bond donors (Lipinski definition) is 3. The highest BCUT2D eigenvalue weighted by Gasteiger charge is 2.22. The highest BCUT2D eigenvalue weighted by molar-refractivity contribution is 6.47. The van der Waals surface area contributed by atoms with E-state index in [4.69, 9.17) is 4.74 Å². The summed E-state index contributed by atoms with van der Waals surface area (Å²) in [4.78, 5) is 16.8. The average molecular weight is 382 g/mol. The zero-order valence-corrected chi connectivity index (χ0v) is 16.4. The van der Waals surface area contributed by atoms with Crippen LogP contribution < -0.4 is 10.1 Å². The number of phenolic OH excluding ortho intramolecular Hbond substituents is 1. The van der Waals surface area contributed by atoms with Gasteiger partial charge in [0.25, 0.3) is 5.91 Å². The van der Waals surface area contributed by atoms with Gasteiger partial charge < -0.3 is 20.3 Å². The number of nitrogens with zero attached hydrogens (tertiary/aromatic N) is 1. The van der Waals surface area contributed by atoms with Crippen molar-refractivity contribution in [3.63, 3.8) is 0 Å². The fourth-order valence-corrected chi connectivity index (χ4v) is 3.21. The van der Waals surface area contributed by atoms with Crippen LogP contribution >= 0.6 is 0 Å². The number of ether oxygens (including phenoxy) is 1. The van der Waals surface area contributed by atoms with Gasteiger partial charge in [0, 0.05) is 17.3 Å². The van der Waals surface area contributed by atoms with Crippen LogP contribution in [-0.4, -0.2) is 34.5 Å². The van der Waals surface area contributed by atoms with Crippen molar-refractivity contribution in [1.82, 2.24) is 0 Å². The molecule has 0 spiro atoms. The number of aliphatic hydroxyl groups excluding tert-OH is 1. The van der Waals surface area contributed by atoms with Gasteiger partial charge >= 0.3 is 0 Å². The third-order valence-corrected chi connectivity index (χ3v) is 4.71. The first-order valence-electron chi connectivity index (χ1n) is 9.55. The number of allylic oxidation sites excluding steroid dienone is 3. The lowest BCUT2D eigenvalue weighted by molar-refractivity contribution is -0.110. The molecule has 0 radical (unpaired) electrons. The SMILES string of the molecule is CCC1C=C(O)C(C2=CC(C(=O)Nc3ccc(OC(C)C)c(O)c3)=NC2)=CC1. The first-order chi connectivity index (χ1) is 13.4. The van der Waals surface area contributed by atoms with Crippen LogP contribution in [-0.2, 0) is 4.79 Å². The Bertz CT molecular complexity index is 894. The van der Waals surface area contributed by atoms with Crippen LogP contribution in [0.5, 0.6) is 11.5 Å². The lowest BCUT2D eigenvalue weighted by Crippen LogP contribution is -2.20. The molecule has 3 rings (SSSR count). The van der Waals surface area contributed by atoms with Crippen molar-refractivity contribution in [3.05, 3.63) is 53.3 Å². The molecule has 1 atom stereocenters. The molecule has 148 valence electrons. The summed E-state index contributed by atoms with van der Waals surface area (Å²) >= 11 is 0. The Balaban J connectivity index is 1.67. The molecule has 1 amide bonds. The van der Waals surface area contributed by atoms with E-state index >= 15 is 0 Å². The molecule has 0 bridgehead atoms. The minimum atomic E-state index is -0.363. The summed E-state index contributed by atoms with van der Waals surface area (Å²) in [5, 5.41) is 23.0. The van der Waals surface area contributed by atoms with E-state index in [1.165, 1.54) is 6.07 Å². The fourth-order valence-electron chi connectivity index (χ4n) is 3.21. The second-order valence-electron chi connectivity index (χ2n) is 7.25. The number of nitrogens with one attached hydrogen (secondary N) is 1. The third kappa shape index (κ3) is 4.44. The Morgan fingerprint density at radius 2 is 2.14 bits per heavy atom. The standard InChI is InChI=1S/C22H26N2O4/c1-4-14-5-7-17(19(25)9-14)15-10-18(23-12-15)22(27)24-16-6-8-21(20(26)11-16)28-13(2)3/h6-11,13-14,25-26H,4-5,12H2,1-3H3,(H,24,27). The quantitative estimate of drug-likeness (QED) is 0.684. The van der Waals surface area contributed by atoms with Crippen LogP contribution in [0.15, 0.2) is 58.3 Å². The van der Waals surface area contributed by atoms with Crippen molar-refractivity contribution in [1.29, 1.82) is 0 Å². The molecule has 1 aromatic rings. The Hall–Kier alpha value is -3.02. The van der Waals surface area contributed by atoms with E-state index in [0.717, 1.165) is 24.0 Å². The van der Waals surface area contributed by atoms with Crippen molar-refractivity contribution in [2.24, 2.45) is 10.9 Å². The predicted molar refractivity (Wildman–Crippen MR) is 110 cm³/mol. The summed E-state index contributed by atoms with van der Waals surface area (Å²) in [6, 6.07) is 4.72. The van der Waals surface area contributed by atoms with Gasteiger partial charge in [0.2, 0.25) is 0 Å². The molecule has 1 aliphatic heterocycles. The zero-order chi connectivity index (χ0) is 20.3. The Morgan fingerprint density at radius 3 is 2.79 bits per heavy atom. The zero-order valence-electron chi connectivity index (χ0n) is 16.4. The minimum Gasteiger partial charge on any atom is -0.508 e. The molecule has 1 aliphatic carbocycles. The van der Waals surface area contributed by atoms with Crippen molar-refractivity contribution >= 4 is 17.3 Å². The molecule has 28 heavy (non-hydrogen) atoms.